The summed E-state index contributed by atoms with van der Waals surface area (Å²) in [4.78, 5) is 7.24. The van der Waals surface area contributed by atoms with E-state index in [2.05, 4.69) is 20.6 Å². The minimum Gasteiger partial charge on any atom is -0.361 e. The third-order valence-electron chi connectivity index (χ3n) is 4.36. The van der Waals surface area contributed by atoms with Gasteiger partial charge in [0.2, 0.25) is 0 Å². The molecule has 3 N–H and O–H groups in total. The molecule has 0 spiro atoms. The van der Waals surface area contributed by atoms with E-state index in [9.17, 15) is 13.2 Å². The number of rotatable bonds is 6. The lowest BCUT2D eigenvalue weighted by molar-refractivity contribution is 0.498. The zero-order valence-electron chi connectivity index (χ0n) is 15.0. The number of halogens is 3. The van der Waals surface area contributed by atoms with E-state index in [1.165, 1.54) is 18.2 Å². The van der Waals surface area contributed by atoms with Gasteiger partial charge in [0.15, 0.2) is 17.6 Å². The molecule has 0 unspecified atom stereocenters. The second kappa shape index (κ2) is 8.62. The number of aromatic nitrogens is 1. The molecule has 3 rings (SSSR count). The van der Waals surface area contributed by atoms with Gasteiger partial charge in [-0.25, -0.2) is 13.2 Å². The molecule has 142 valence electrons. The van der Waals surface area contributed by atoms with Crippen molar-refractivity contribution in [2.75, 3.05) is 20.1 Å². The highest BCUT2D eigenvalue weighted by atomic mass is 19.2. The van der Waals surface area contributed by atoms with E-state index < -0.39 is 11.6 Å². The first-order valence-corrected chi connectivity index (χ1v) is 8.71. The van der Waals surface area contributed by atoms with E-state index >= 15 is 0 Å². The SMILES string of the molecule is CN=C(NCCc1cccc(F)c1F)NCCc1c[nH]c2ccc(F)cc12. The number of nitrogens with one attached hydrogen (secondary N) is 3. The van der Waals surface area contributed by atoms with Gasteiger partial charge in [-0.1, -0.05) is 12.1 Å². The quantitative estimate of drug-likeness (QED) is 0.457. The Hall–Kier alpha value is -2.96. The fourth-order valence-corrected chi connectivity index (χ4v) is 2.95. The summed E-state index contributed by atoms with van der Waals surface area (Å²) in [6.45, 7) is 1.01. The molecule has 27 heavy (non-hydrogen) atoms. The molecule has 1 heterocycles. The van der Waals surface area contributed by atoms with Crippen LogP contribution in [0.3, 0.4) is 0 Å². The van der Waals surface area contributed by atoms with Gasteiger partial charge in [-0.3, -0.25) is 4.99 Å². The van der Waals surface area contributed by atoms with Gasteiger partial charge >= 0.3 is 0 Å². The fraction of sp³-hybridized carbons (Fsp3) is 0.250. The second-order valence-corrected chi connectivity index (χ2v) is 6.14. The van der Waals surface area contributed by atoms with Gasteiger partial charge in [0, 0.05) is 37.2 Å². The van der Waals surface area contributed by atoms with Crippen LogP contribution in [0.4, 0.5) is 13.2 Å². The summed E-state index contributed by atoms with van der Waals surface area (Å²) in [5, 5.41) is 7.10. The summed E-state index contributed by atoms with van der Waals surface area (Å²) in [5.41, 5.74) is 2.22. The third kappa shape index (κ3) is 4.61. The van der Waals surface area contributed by atoms with Crippen LogP contribution >= 0.6 is 0 Å². The first-order chi connectivity index (χ1) is 13.1. The van der Waals surface area contributed by atoms with Gasteiger partial charge in [0.1, 0.15) is 5.82 Å². The average Bonchev–Trinajstić information content (AvgIpc) is 3.06. The molecule has 0 atom stereocenters. The van der Waals surface area contributed by atoms with Crippen LogP contribution < -0.4 is 10.6 Å². The molecule has 7 heteroatoms. The first-order valence-electron chi connectivity index (χ1n) is 8.71. The number of fused-ring (bicyclic) bond motifs is 1. The summed E-state index contributed by atoms with van der Waals surface area (Å²) in [5.74, 6) is -1.35. The summed E-state index contributed by atoms with van der Waals surface area (Å²) >= 11 is 0. The molecule has 0 amide bonds. The highest BCUT2D eigenvalue weighted by Gasteiger charge is 2.08. The molecule has 0 saturated carbocycles. The number of guanidine groups is 1. The van der Waals surface area contributed by atoms with Crippen LogP contribution in [0.2, 0.25) is 0 Å². The van der Waals surface area contributed by atoms with Crippen molar-refractivity contribution in [3.05, 3.63) is 71.2 Å². The minimum absolute atomic E-state index is 0.265. The van der Waals surface area contributed by atoms with E-state index in [0.717, 1.165) is 22.5 Å². The normalized spacial score (nSPS) is 11.8. The van der Waals surface area contributed by atoms with Crippen LogP contribution in [-0.2, 0) is 12.8 Å². The van der Waals surface area contributed by atoms with Crippen molar-refractivity contribution in [3.63, 3.8) is 0 Å². The molecule has 0 radical (unpaired) electrons. The number of aliphatic imine (C=N–C) groups is 1. The Morgan fingerprint density at radius 3 is 2.48 bits per heavy atom. The second-order valence-electron chi connectivity index (χ2n) is 6.14. The Bertz CT molecular complexity index is 950. The largest absolute Gasteiger partial charge is 0.361 e. The van der Waals surface area contributed by atoms with E-state index in [-0.39, 0.29) is 5.82 Å². The van der Waals surface area contributed by atoms with Crippen LogP contribution in [0.25, 0.3) is 10.9 Å². The van der Waals surface area contributed by atoms with E-state index in [4.69, 9.17) is 0 Å². The zero-order valence-corrected chi connectivity index (χ0v) is 15.0. The van der Waals surface area contributed by atoms with Crippen LogP contribution in [0.1, 0.15) is 11.1 Å². The molecule has 3 aromatic rings. The molecule has 1 aromatic heterocycles. The highest BCUT2D eigenvalue weighted by molar-refractivity contribution is 5.83. The summed E-state index contributed by atoms with van der Waals surface area (Å²) < 4.78 is 40.3. The molecule has 4 nitrogen and oxygen atoms in total. The summed E-state index contributed by atoms with van der Waals surface area (Å²) in [6.07, 6.45) is 2.89. The number of hydrogen-bond donors (Lipinski definition) is 3. The van der Waals surface area contributed by atoms with Crippen molar-refractivity contribution in [2.45, 2.75) is 12.8 Å². The molecular formula is C20H21F3N4. The predicted octanol–water partition coefficient (Wildman–Crippen LogP) is 3.54. The molecule has 2 aromatic carbocycles. The number of hydrogen-bond acceptors (Lipinski definition) is 1. The zero-order chi connectivity index (χ0) is 19.2. The number of H-pyrrole nitrogens is 1. The maximum absolute atomic E-state index is 13.6. The van der Waals surface area contributed by atoms with Crippen LogP contribution in [0.15, 0.2) is 47.6 Å². The van der Waals surface area contributed by atoms with Gasteiger partial charge in [-0.05, 0) is 48.2 Å². The first kappa shape index (κ1) is 18.8. The van der Waals surface area contributed by atoms with Gasteiger partial charge in [0.25, 0.3) is 0 Å². The van der Waals surface area contributed by atoms with Crippen molar-refractivity contribution in [2.24, 2.45) is 4.99 Å². The number of benzene rings is 2. The van der Waals surface area contributed by atoms with Gasteiger partial charge in [-0.15, -0.1) is 0 Å². The van der Waals surface area contributed by atoms with Crippen LogP contribution in [-0.4, -0.2) is 31.1 Å². The van der Waals surface area contributed by atoms with Crippen molar-refractivity contribution >= 4 is 16.9 Å². The van der Waals surface area contributed by atoms with Crippen molar-refractivity contribution < 1.29 is 13.2 Å². The van der Waals surface area contributed by atoms with E-state index in [1.807, 2.05) is 6.20 Å². The Labute approximate surface area is 155 Å². The Morgan fingerprint density at radius 2 is 1.74 bits per heavy atom. The maximum Gasteiger partial charge on any atom is 0.190 e. The standard InChI is InChI=1S/C20H21F3N4/c1-24-20(25-9-7-13-3-2-4-17(22)19(13)23)26-10-8-14-12-27-18-6-5-15(21)11-16(14)18/h2-6,11-12,27H,7-10H2,1H3,(H2,24,25,26). The minimum atomic E-state index is -0.842. The van der Waals surface area contributed by atoms with Gasteiger partial charge < -0.3 is 15.6 Å². The van der Waals surface area contributed by atoms with Gasteiger partial charge in [-0.2, -0.15) is 0 Å². The topological polar surface area (TPSA) is 52.2 Å². The lowest BCUT2D eigenvalue weighted by Gasteiger charge is -2.12. The monoisotopic (exact) mass is 374 g/mol. The molecule has 0 aliphatic heterocycles. The highest BCUT2D eigenvalue weighted by Crippen LogP contribution is 2.19. The molecule has 0 bridgehead atoms. The smallest absolute Gasteiger partial charge is 0.190 e. The van der Waals surface area contributed by atoms with E-state index in [0.29, 0.717) is 37.5 Å². The Kier molecular flexibility index (Phi) is 6.01. The van der Waals surface area contributed by atoms with Crippen LogP contribution in [0, 0.1) is 17.5 Å². The summed E-state index contributed by atoms with van der Waals surface area (Å²) in [6, 6.07) is 8.81. The Balaban J connectivity index is 1.49. The lowest BCUT2D eigenvalue weighted by Crippen LogP contribution is -2.39. The summed E-state index contributed by atoms with van der Waals surface area (Å²) in [7, 11) is 1.64. The van der Waals surface area contributed by atoms with Gasteiger partial charge in [0.05, 0.1) is 0 Å². The predicted molar refractivity (Wildman–Crippen MR) is 101 cm³/mol. The molecule has 0 aliphatic rings. The fourth-order valence-electron chi connectivity index (χ4n) is 2.95. The molecule has 0 aliphatic carbocycles. The van der Waals surface area contributed by atoms with E-state index in [1.54, 1.807) is 19.2 Å². The van der Waals surface area contributed by atoms with Crippen LogP contribution in [0.5, 0.6) is 0 Å². The van der Waals surface area contributed by atoms with Crippen molar-refractivity contribution in [1.82, 2.24) is 15.6 Å². The number of aromatic amines is 1. The third-order valence-corrected chi connectivity index (χ3v) is 4.36. The number of nitrogens with zero attached hydrogens (tertiary/aromatic N) is 1. The van der Waals surface area contributed by atoms with Crippen molar-refractivity contribution in [3.8, 4) is 0 Å². The average molecular weight is 374 g/mol. The maximum atomic E-state index is 13.6. The molecule has 0 saturated heterocycles. The molecular weight excluding hydrogens is 353 g/mol. The molecule has 0 fully saturated rings. The van der Waals surface area contributed by atoms with Crippen molar-refractivity contribution in [1.29, 1.82) is 0 Å². The lowest BCUT2D eigenvalue weighted by atomic mass is 10.1. The Morgan fingerprint density at radius 1 is 1.00 bits per heavy atom.